The van der Waals surface area contributed by atoms with Crippen molar-refractivity contribution in [1.82, 2.24) is 0 Å². The third kappa shape index (κ3) is 2.43. The summed E-state index contributed by atoms with van der Waals surface area (Å²) in [5, 5.41) is 1.78. The Balaban J connectivity index is 2.71. The van der Waals surface area contributed by atoms with Crippen LogP contribution in [0.15, 0.2) is 11.4 Å². The Morgan fingerprint density at radius 3 is 3.08 bits per heavy atom. The van der Waals surface area contributed by atoms with E-state index in [1.165, 1.54) is 18.4 Å². The van der Waals surface area contributed by atoms with Gasteiger partial charge in [-0.15, -0.1) is 11.3 Å². The molecule has 0 spiro atoms. The molecule has 0 saturated heterocycles. The Bertz CT molecular complexity index is 285. The number of hydrogen-bond donors (Lipinski definition) is 1. The Morgan fingerprint density at radius 1 is 1.69 bits per heavy atom. The van der Waals surface area contributed by atoms with Crippen LogP contribution in [0.5, 0.6) is 5.75 Å². The summed E-state index contributed by atoms with van der Waals surface area (Å²) in [6.45, 7) is 0.831. The van der Waals surface area contributed by atoms with Gasteiger partial charge >= 0.3 is 5.97 Å². The molecule has 0 aliphatic rings. The fraction of sp³-hybridized carbons (Fsp3) is 0.375. The topological polar surface area (TPSA) is 61.5 Å². The van der Waals surface area contributed by atoms with E-state index in [2.05, 4.69) is 4.74 Å². The van der Waals surface area contributed by atoms with Crippen LogP contribution in [0.3, 0.4) is 0 Å². The highest BCUT2D eigenvalue weighted by Crippen LogP contribution is 2.25. The molecule has 0 aliphatic heterocycles. The lowest BCUT2D eigenvalue weighted by molar-refractivity contribution is 0.0602. The number of nitrogens with two attached hydrogens (primary N) is 1. The van der Waals surface area contributed by atoms with Gasteiger partial charge in [-0.3, -0.25) is 0 Å². The normalized spacial score (nSPS) is 9.69. The second kappa shape index (κ2) is 4.84. The van der Waals surface area contributed by atoms with Crippen LogP contribution in [0.25, 0.3) is 0 Å². The van der Waals surface area contributed by atoms with E-state index in [0.717, 1.165) is 0 Å². The predicted octanol–water partition coefficient (Wildman–Crippen LogP) is 0.872. The quantitative estimate of drug-likeness (QED) is 0.734. The van der Waals surface area contributed by atoms with Crippen LogP contribution in [0.1, 0.15) is 9.67 Å². The van der Waals surface area contributed by atoms with Crippen molar-refractivity contribution in [2.24, 2.45) is 5.73 Å². The second-order valence-corrected chi connectivity index (χ2v) is 3.16. The van der Waals surface area contributed by atoms with Crippen LogP contribution < -0.4 is 10.5 Å². The van der Waals surface area contributed by atoms with Gasteiger partial charge in [-0.05, 0) is 11.4 Å². The van der Waals surface area contributed by atoms with Crippen molar-refractivity contribution < 1.29 is 14.3 Å². The van der Waals surface area contributed by atoms with E-state index < -0.39 is 0 Å². The second-order valence-electron chi connectivity index (χ2n) is 2.24. The van der Waals surface area contributed by atoms with Gasteiger partial charge in [-0.1, -0.05) is 0 Å². The fourth-order valence-corrected chi connectivity index (χ4v) is 1.57. The van der Waals surface area contributed by atoms with E-state index in [0.29, 0.717) is 23.8 Å². The van der Waals surface area contributed by atoms with Gasteiger partial charge in [0.2, 0.25) is 0 Å². The summed E-state index contributed by atoms with van der Waals surface area (Å²) < 4.78 is 9.81. The van der Waals surface area contributed by atoms with Crippen LogP contribution in [0.2, 0.25) is 0 Å². The lowest BCUT2D eigenvalue weighted by Gasteiger charge is -2.03. The summed E-state index contributed by atoms with van der Waals surface area (Å²) >= 11 is 1.29. The van der Waals surface area contributed by atoms with E-state index in [1.54, 1.807) is 11.4 Å². The monoisotopic (exact) mass is 201 g/mol. The third-order valence-electron chi connectivity index (χ3n) is 1.38. The lowest BCUT2D eigenvalue weighted by Crippen LogP contribution is -2.11. The minimum Gasteiger partial charge on any atom is -0.490 e. The maximum absolute atomic E-state index is 11.1. The average molecular weight is 201 g/mol. The van der Waals surface area contributed by atoms with Gasteiger partial charge in [0, 0.05) is 6.54 Å². The Morgan fingerprint density at radius 2 is 2.46 bits per heavy atom. The first-order valence-electron chi connectivity index (χ1n) is 3.78. The van der Waals surface area contributed by atoms with E-state index in [-0.39, 0.29) is 5.97 Å². The molecule has 1 aromatic rings. The number of ether oxygens (including phenoxy) is 2. The Kier molecular flexibility index (Phi) is 3.72. The highest BCUT2D eigenvalue weighted by atomic mass is 32.1. The number of esters is 1. The fourth-order valence-electron chi connectivity index (χ4n) is 0.822. The minimum absolute atomic E-state index is 0.373. The molecule has 0 unspecified atom stereocenters. The molecule has 0 radical (unpaired) electrons. The summed E-state index contributed by atoms with van der Waals surface area (Å²) in [5.41, 5.74) is 5.27. The largest absolute Gasteiger partial charge is 0.490 e. The molecule has 13 heavy (non-hydrogen) atoms. The molecule has 72 valence electrons. The number of carbonyl (C=O) groups is 1. The molecule has 0 bridgehead atoms. The maximum Gasteiger partial charge on any atom is 0.351 e. The molecule has 0 atom stereocenters. The molecule has 0 fully saturated rings. The number of hydrogen-bond acceptors (Lipinski definition) is 5. The summed E-state index contributed by atoms with van der Waals surface area (Å²) in [4.78, 5) is 11.6. The zero-order chi connectivity index (χ0) is 9.68. The van der Waals surface area contributed by atoms with Crippen molar-refractivity contribution >= 4 is 17.3 Å². The highest BCUT2D eigenvalue weighted by molar-refractivity contribution is 7.12. The molecule has 0 amide bonds. The number of rotatable bonds is 4. The zero-order valence-electron chi connectivity index (χ0n) is 7.28. The summed E-state index contributed by atoms with van der Waals surface area (Å²) in [5.74, 6) is 0.171. The van der Waals surface area contributed by atoms with Crippen LogP contribution in [0, 0.1) is 0 Å². The lowest BCUT2D eigenvalue weighted by atomic mass is 10.4. The van der Waals surface area contributed by atoms with Gasteiger partial charge in [0.25, 0.3) is 0 Å². The van der Waals surface area contributed by atoms with E-state index in [1.807, 2.05) is 0 Å². The van der Waals surface area contributed by atoms with Gasteiger partial charge in [0.15, 0.2) is 4.88 Å². The van der Waals surface area contributed by atoms with E-state index in [4.69, 9.17) is 10.5 Å². The number of carbonyl (C=O) groups excluding carboxylic acids is 1. The van der Waals surface area contributed by atoms with Crippen LogP contribution in [-0.2, 0) is 4.74 Å². The standard InChI is InChI=1S/C8H11NO3S/c1-11-8(10)7-6(2-5-13-7)12-4-3-9/h2,5H,3-4,9H2,1H3. The van der Waals surface area contributed by atoms with Gasteiger partial charge in [-0.2, -0.15) is 0 Å². The van der Waals surface area contributed by atoms with Crippen LogP contribution in [0.4, 0.5) is 0 Å². The van der Waals surface area contributed by atoms with Gasteiger partial charge in [0.1, 0.15) is 12.4 Å². The predicted molar refractivity (Wildman–Crippen MR) is 50.2 cm³/mol. The van der Waals surface area contributed by atoms with Gasteiger partial charge in [0.05, 0.1) is 7.11 Å². The molecular formula is C8H11NO3S. The first kappa shape index (κ1) is 10.0. The zero-order valence-corrected chi connectivity index (χ0v) is 8.10. The van der Waals surface area contributed by atoms with Crippen molar-refractivity contribution in [2.45, 2.75) is 0 Å². The molecule has 2 N–H and O–H groups in total. The molecular weight excluding hydrogens is 190 g/mol. The minimum atomic E-state index is -0.373. The average Bonchev–Trinajstić information content (AvgIpc) is 2.61. The first-order chi connectivity index (χ1) is 6.29. The highest BCUT2D eigenvalue weighted by Gasteiger charge is 2.13. The molecule has 1 aromatic heterocycles. The molecule has 0 saturated carbocycles. The van der Waals surface area contributed by atoms with Crippen LogP contribution in [-0.4, -0.2) is 26.2 Å². The van der Waals surface area contributed by atoms with Crippen molar-refractivity contribution in [2.75, 3.05) is 20.3 Å². The molecule has 0 aromatic carbocycles. The molecule has 5 heteroatoms. The van der Waals surface area contributed by atoms with Crippen molar-refractivity contribution in [3.05, 3.63) is 16.3 Å². The maximum atomic E-state index is 11.1. The third-order valence-corrected chi connectivity index (χ3v) is 2.25. The molecule has 1 heterocycles. The summed E-state index contributed by atoms with van der Waals surface area (Å²) in [6.07, 6.45) is 0. The van der Waals surface area contributed by atoms with Gasteiger partial charge < -0.3 is 15.2 Å². The number of thiophene rings is 1. The Hall–Kier alpha value is -1.07. The first-order valence-corrected chi connectivity index (χ1v) is 4.66. The summed E-state index contributed by atoms with van der Waals surface area (Å²) in [6, 6.07) is 1.73. The van der Waals surface area contributed by atoms with Crippen LogP contribution >= 0.6 is 11.3 Å². The smallest absolute Gasteiger partial charge is 0.351 e. The molecule has 0 aliphatic carbocycles. The van der Waals surface area contributed by atoms with Crippen molar-refractivity contribution in [3.63, 3.8) is 0 Å². The molecule has 4 nitrogen and oxygen atoms in total. The molecule has 1 rings (SSSR count). The van der Waals surface area contributed by atoms with E-state index in [9.17, 15) is 4.79 Å². The SMILES string of the molecule is COC(=O)c1sccc1OCCN. The van der Waals surface area contributed by atoms with Gasteiger partial charge in [-0.25, -0.2) is 4.79 Å². The van der Waals surface area contributed by atoms with Crippen molar-refractivity contribution in [3.8, 4) is 5.75 Å². The van der Waals surface area contributed by atoms with Crippen molar-refractivity contribution in [1.29, 1.82) is 0 Å². The summed E-state index contributed by atoms with van der Waals surface area (Å²) in [7, 11) is 1.34. The Labute approximate surface area is 80.3 Å². The number of methoxy groups -OCH3 is 1. The van der Waals surface area contributed by atoms with E-state index >= 15 is 0 Å².